The van der Waals surface area contributed by atoms with Crippen molar-refractivity contribution in [1.82, 2.24) is 0 Å². The zero-order valence-electron chi connectivity index (χ0n) is 13.4. The van der Waals surface area contributed by atoms with Gasteiger partial charge in [-0.25, -0.2) is 9.18 Å². The highest BCUT2D eigenvalue weighted by Crippen LogP contribution is 2.20. The molecule has 122 valence electrons. The molecule has 0 aliphatic rings. The van der Waals surface area contributed by atoms with Crippen molar-refractivity contribution in [3.05, 3.63) is 65.5 Å². The van der Waals surface area contributed by atoms with Crippen molar-refractivity contribution in [1.29, 1.82) is 0 Å². The fourth-order valence-electron chi connectivity index (χ4n) is 1.90. The molecule has 4 heteroatoms. The summed E-state index contributed by atoms with van der Waals surface area (Å²) >= 11 is 0. The monoisotopic (exact) mass is 316 g/mol. The number of esters is 1. The molecule has 0 aliphatic heterocycles. The van der Waals surface area contributed by atoms with Gasteiger partial charge in [-0.05, 0) is 29.7 Å². The maximum absolute atomic E-state index is 14.0. The molecule has 1 atom stereocenters. The lowest BCUT2D eigenvalue weighted by Crippen LogP contribution is -2.12. The van der Waals surface area contributed by atoms with Gasteiger partial charge in [-0.3, -0.25) is 0 Å². The molecule has 0 N–H and O–H groups in total. The lowest BCUT2D eigenvalue weighted by atomic mass is 10.1. The van der Waals surface area contributed by atoms with Gasteiger partial charge in [-0.15, -0.1) is 0 Å². The molecule has 0 amide bonds. The smallest absolute Gasteiger partial charge is 0.338 e. The van der Waals surface area contributed by atoms with E-state index in [2.05, 4.69) is 0 Å². The molecule has 0 bridgehead atoms. The summed E-state index contributed by atoms with van der Waals surface area (Å²) < 4.78 is 24.6. The molecule has 0 saturated carbocycles. The molecule has 2 aromatic carbocycles. The molecule has 3 nitrogen and oxygen atoms in total. The molecule has 2 rings (SSSR count). The van der Waals surface area contributed by atoms with Crippen LogP contribution in [0.2, 0.25) is 0 Å². The van der Waals surface area contributed by atoms with Gasteiger partial charge in [-0.1, -0.05) is 50.6 Å². The van der Waals surface area contributed by atoms with Crippen LogP contribution in [0.5, 0.6) is 5.75 Å². The summed E-state index contributed by atoms with van der Waals surface area (Å²) in [6, 6.07) is 13.6. The van der Waals surface area contributed by atoms with Crippen LogP contribution in [-0.2, 0) is 11.3 Å². The second kappa shape index (κ2) is 8.32. The Labute approximate surface area is 136 Å². The van der Waals surface area contributed by atoms with Crippen LogP contribution in [0.4, 0.5) is 4.39 Å². The first-order valence-electron chi connectivity index (χ1n) is 7.73. The van der Waals surface area contributed by atoms with Crippen LogP contribution in [0.3, 0.4) is 0 Å². The molecule has 0 unspecified atom stereocenters. The molecule has 2 aromatic rings. The zero-order valence-corrected chi connectivity index (χ0v) is 13.4. The summed E-state index contributed by atoms with van der Waals surface area (Å²) in [5.74, 6) is -0.678. The van der Waals surface area contributed by atoms with E-state index >= 15 is 0 Å². The Morgan fingerprint density at radius 3 is 2.57 bits per heavy atom. The van der Waals surface area contributed by atoms with Gasteiger partial charge in [0.1, 0.15) is 6.61 Å². The highest BCUT2D eigenvalue weighted by Gasteiger charge is 2.13. The molecule has 0 saturated heterocycles. The normalized spacial score (nSPS) is 11.8. The summed E-state index contributed by atoms with van der Waals surface area (Å²) in [5.41, 5.74) is 1.14. The summed E-state index contributed by atoms with van der Waals surface area (Å²) in [6.07, 6.45) is 0.925. The standard InChI is InChI=1S/C19H21FO3/c1-3-14(2)12-23-19(21)16-9-10-18(17(20)11-16)22-13-15-7-5-4-6-8-15/h4-11,14H,3,12-13H2,1-2H3/t14-/m1/s1. The predicted molar refractivity (Wildman–Crippen MR) is 86.9 cm³/mol. The third-order valence-electron chi connectivity index (χ3n) is 3.60. The topological polar surface area (TPSA) is 35.5 Å². The average Bonchev–Trinajstić information content (AvgIpc) is 2.59. The quantitative estimate of drug-likeness (QED) is 0.700. The van der Waals surface area contributed by atoms with E-state index in [1.807, 2.05) is 44.2 Å². The van der Waals surface area contributed by atoms with Crippen LogP contribution in [0.1, 0.15) is 36.2 Å². The first-order valence-corrected chi connectivity index (χ1v) is 7.73. The molecule has 0 heterocycles. The molecular formula is C19H21FO3. The Balaban J connectivity index is 1.96. The van der Waals surface area contributed by atoms with E-state index in [4.69, 9.17) is 9.47 Å². The first kappa shape index (κ1) is 17.0. The van der Waals surface area contributed by atoms with E-state index < -0.39 is 11.8 Å². The fourth-order valence-corrected chi connectivity index (χ4v) is 1.90. The van der Waals surface area contributed by atoms with Gasteiger partial charge in [-0.2, -0.15) is 0 Å². The Morgan fingerprint density at radius 1 is 1.17 bits per heavy atom. The number of carbonyl (C=O) groups is 1. The number of hydrogen-bond acceptors (Lipinski definition) is 3. The van der Waals surface area contributed by atoms with Crippen molar-refractivity contribution in [2.24, 2.45) is 5.92 Å². The molecular weight excluding hydrogens is 295 g/mol. The highest BCUT2D eigenvalue weighted by molar-refractivity contribution is 5.89. The van der Waals surface area contributed by atoms with Gasteiger partial charge in [0, 0.05) is 0 Å². The Kier molecular flexibility index (Phi) is 6.15. The summed E-state index contributed by atoms with van der Waals surface area (Å²) in [4.78, 5) is 11.9. The Morgan fingerprint density at radius 2 is 1.91 bits per heavy atom. The van der Waals surface area contributed by atoms with E-state index in [0.29, 0.717) is 6.61 Å². The minimum Gasteiger partial charge on any atom is -0.486 e. The lowest BCUT2D eigenvalue weighted by molar-refractivity contribution is 0.0446. The van der Waals surface area contributed by atoms with E-state index in [-0.39, 0.29) is 23.8 Å². The summed E-state index contributed by atoms with van der Waals surface area (Å²) in [5, 5.41) is 0. The largest absolute Gasteiger partial charge is 0.486 e. The minimum atomic E-state index is -0.570. The average molecular weight is 316 g/mol. The van der Waals surface area contributed by atoms with Crippen molar-refractivity contribution in [3.8, 4) is 5.75 Å². The molecule has 23 heavy (non-hydrogen) atoms. The molecule has 0 aliphatic carbocycles. The second-order valence-electron chi connectivity index (χ2n) is 5.53. The van der Waals surface area contributed by atoms with Gasteiger partial charge < -0.3 is 9.47 Å². The number of hydrogen-bond donors (Lipinski definition) is 0. The van der Waals surface area contributed by atoms with Crippen LogP contribution in [0.25, 0.3) is 0 Å². The fraction of sp³-hybridized carbons (Fsp3) is 0.316. The van der Waals surface area contributed by atoms with E-state index in [9.17, 15) is 9.18 Å². The van der Waals surface area contributed by atoms with Crippen molar-refractivity contribution >= 4 is 5.97 Å². The van der Waals surface area contributed by atoms with Gasteiger partial charge in [0.05, 0.1) is 12.2 Å². The third kappa shape index (κ3) is 5.09. The molecule has 0 fully saturated rings. The lowest BCUT2D eigenvalue weighted by Gasteiger charge is -2.11. The molecule has 0 spiro atoms. The van der Waals surface area contributed by atoms with Gasteiger partial charge in [0.15, 0.2) is 11.6 Å². The van der Waals surface area contributed by atoms with Crippen LogP contribution in [-0.4, -0.2) is 12.6 Å². The van der Waals surface area contributed by atoms with Crippen molar-refractivity contribution < 1.29 is 18.7 Å². The molecule has 0 aromatic heterocycles. The minimum absolute atomic E-state index is 0.118. The highest BCUT2D eigenvalue weighted by atomic mass is 19.1. The summed E-state index contributed by atoms with van der Waals surface area (Å²) in [7, 11) is 0. The Hall–Kier alpha value is -2.36. The van der Waals surface area contributed by atoms with Gasteiger partial charge in [0.25, 0.3) is 0 Å². The van der Waals surface area contributed by atoms with E-state index in [0.717, 1.165) is 18.1 Å². The predicted octanol–water partition coefficient (Wildman–Crippen LogP) is 4.61. The number of ether oxygens (including phenoxy) is 2. The van der Waals surface area contributed by atoms with Crippen molar-refractivity contribution in [3.63, 3.8) is 0 Å². The first-order chi connectivity index (χ1) is 11.1. The van der Waals surface area contributed by atoms with Gasteiger partial charge >= 0.3 is 5.97 Å². The zero-order chi connectivity index (χ0) is 16.7. The number of benzene rings is 2. The third-order valence-corrected chi connectivity index (χ3v) is 3.60. The number of carbonyl (C=O) groups excluding carboxylic acids is 1. The van der Waals surface area contributed by atoms with Crippen LogP contribution < -0.4 is 4.74 Å². The van der Waals surface area contributed by atoms with Gasteiger partial charge in [0.2, 0.25) is 0 Å². The maximum Gasteiger partial charge on any atom is 0.338 e. The van der Waals surface area contributed by atoms with E-state index in [1.54, 1.807) is 0 Å². The number of rotatable bonds is 7. The second-order valence-corrected chi connectivity index (χ2v) is 5.53. The van der Waals surface area contributed by atoms with Crippen LogP contribution >= 0.6 is 0 Å². The van der Waals surface area contributed by atoms with E-state index in [1.165, 1.54) is 12.1 Å². The maximum atomic E-state index is 14.0. The SMILES string of the molecule is CC[C@@H](C)COC(=O)c1ccc(OCc2ccccc2)c(F)c1. The number of halogens is 1. The van der Waals surface area contributed by atoms with Crippen molar-refractivity contribution in [2.75, 3.05) is 6.61 Å². The Bertz CT molecular complexity index is 640. The van der Waals surface area contributed by atoms with Crippen molar-refractivity contribution in [2.45, 2.75) is 26.9 Å². The summed E-state index contributed by atoms with van der Waals surface area (Å²) in [6.45, 7) is 4.63. The van der Waals surface area contributed by atoms with Crippen LogP contribution in [0, 0.1) is 11.7 Å². The molecule has 0 radical (unpaired) electrons. The van der Waals surface area contributed by atoms with Crippen LogP contribution in [0.15, 0.2) is 48.5 Å².